The number of fused-ring (bicyclic) bond motifs is 1. The van der Waals surface area contributed by atoms with Crippen LogP contribution in [0.5, 0.6) is 0 Å². The van der Waals surface area contributed by atoms with Crippen molar-refractivity contribution >= 4 is 11.0 Å². The first kappa shape index (κ1) is 19.0. The number of hydrogen-bond acceptors (Lipinski definition) is 4. The predicted molar refractivity (Wildman–Crippen MR) is 121 cm³/mol. The molecule has 2 aliphatic heterocycles. The summed E-state index contributed by atoms with van der Waals surface area (Å²) in [6.45, 7) is 5.68. The van der Waals surface area contributed by atoms with E-state index in [4.69, 9.17) is 4.42 Å². The molecule has 0 radical (unpaired) electrons. The van der Waals surface area contributed by atoms with Crippen LogP contribution in [-0.2, 0) is 6.54 Å². The molecule has 4 nitrogen and oxygen atoms in total. The molecule has 0 atom stereocenters. The lowest BCUT2D eigenvalue weighted by molar-refractivity contribution is 0.131. The van der Waals surface area contributed by atoms with E-state index < -0.39 is 0 Å². The van der Waals surface area contributed by atoms with Crippen molar-refractivity contribution < 1.29 is 4.42 Å². The summed E-state index contributed by atoms with van der Waals surface area (Å²) in [7, 11) is 2.21. The van der Waals surface area contributed by atoms with E-state index in [1.54, 1.807) is 0 Å². The van der Waals surface area contributed by atoms with Gasteiger partial charge in [0.25, 0.3) is 0 Å². The van der Waals surface area contributed by atoms with E-state index in [2.05, 4.69) is 63.9 Å². The van der Waals surface area contributed by atoms with Gasteiger partial charge in [-0.2, -0.15) is 0 Å². The Labute approximate surface area is 178 Å². The molecule has 0 saturated carbocycles. The average molecular weight is 398 g/mol. The van der Waals surface area contributed by atoms with Crippen LogP contribution in [0.1, 0.15) is 17.7 Å². The second-order valence-corrected chi connectivity index (χ2v) is 8.26. The van der Waals surface area contributed by atoms with Gasteiger partial charge >= 0.3 is 0 Å². The first-order chi connectivity index (χ1) is 14.7. The lowest BCUT2D eigenvalue weighted by Gasteiger charge is -2.42. The largest absolute Gasteiger partial charge is 0.460 e. The molecule has 2 aliphatic rings. The third-order valence-corrected chi connectivity index (χ3v) is 5.94. The number of nitrogens with zero attached hydrogens (tertiary/aromatic N) is 3. The molecular weight excluding hydrogens is 370 g/mol. The minimum Gasteiger partial charge on any atom is -0.460 e. The van der Waals surface area contributed by atoms with Gasteiger partial charge in [-0.15, -0.1) is 0 Å². The number of benzene rings is 2. The molecule has 0 amide bonds. The van der Waals surface area contributed by atoms with Crippen LogP contribution in [0.25, 0.3) is 11.0 Å². The van der Waals surface area contributed by atoms with E-state index in [1.807, 2.05) is 30.3 Å². The summed E-state index contributed by atoms with van der Waals surface area (Å²) in [4.78, 5) is 7.34. The minimum absolute atomic E-state index is 0.818. The molecular formula is C26H27N3O. The summed E-state index contributed by atoms with van der Waals surface area (Å²) in [6.07, 6.45) is 1.11. The van der Waals surface area contributed by atoms with Crippen LogP contribution in [-0.4, -0.2) is 54.6 Å². The normalized spacial score (nSPS) is 17.7. The van der Waals surface area contributed by atoms with Gasteiger partial charge < -0.3 is 9.32 Å². The van der Waals surface area contributed by atoms with E-state index in [0.29, 0.717) is 0 Å². The second kappa shape index (κ2) is 8.39. The van der Waals surface area contributed by atoms with E-state index >= 15 is 0 Å². The highest BCUT2D eigenvalue weighted by Gasteiger charge is 2.27. The van der Waals surface area contributed by atoms with E-state index in [1.165, 1.54) is 16.7 Å². The topological polar surface area (TPSA) is 22.9 Å². The predicted octanol–water partition coefficient (Wildman–Crippen LogP) is 4.15. The number of hydrogen-bond donors (Lipinski definition) is 0. The fourth-order valence-corrected chi connectivity index (χ4v) is 4.54. The monoisotopic (exact) mass is 397 g/mol. The lowest BCUT2D eigenvalue weighted by Crippen LogP contribution is -2.47. The van der Waals surface area contributed by atoms with Crippen molar-refractivity contribution in [1.82, 2.24) is 14.7 Å². The molecule has 0 bridgehead atoms. The van der Waals surface area contributed by atoms with Crippen molar-refractivity contribution in [3.63, 3.8) is 0 Å². The van der Waals surface area contributed by atoms with Crippen molar-refractivity contribution in [2.45, 2.75) is 13.0 Å². The first-order valence-corrected chi connectivity index (χ1v) is 10.6. The van der Waals surface area contributed by atoms with Crippen LogP contribution < -0.4 is 0 Å². The summed E-state index contributed by atoms with van der Waals surface area (Å²) in [6, 6.07) is 20.6. The molecule has 1 aromatic heterocycles. The van der Waals surface area contributed by atoms with E-state index in [-0.39, 0.29) is 0 Å². The summed E-state index contributed by atoms with van der Waals surface area (Å²) < 4.78 is 6.05. The molecule has 30 heavy (non-hydrogen) atoms. The average Bonchev–Trinajstić information content (AvgIpc) is 3.16. The van der Waals surface area contributed by atoms with Gasteiger partial charge in [0.05, 0.1) is 19.8 Å². The molecule has 0 unspecified atom stereocenters. The van der Waals surface area contributed by atoms with Gasteiger partial charge in [0, 0.05) is 49.7 Å². The van der Waals surface area contributed by atoms with Crippen molar-refractivity contribution in [2.24, 2.45) is 0 Å². The van der Waals surface area contributed by atoms with Crippen molar-refractivity contribution in [2.75, 3.05) is 39.9 Å². The molecule has 0 spiro atoms. The zero-order valence-corrected chi connectivity index (χ0v) is 17.5. The van der Waals surface area contributed by atoms with Gasteiger partial charge in [-0.25, -0.2) is 0 Å². The molecule has 4 heteroatoms. The minimum atomic E-state index is 0.818. The summed E-state index contributed by atoms with van der Waals surface area (Å²) in [5, 5.41) is 1.18. The SMILES string of the molecule is CN1CN(Cc2cc3ccccc3o2)CC2=C1CCN(CC#Cc1ccccc1)C2. The Morgan fingerprint density at radius 2 is 1.77 bits per heavy atom. The van der Waals surface area contributed by atoms with Crippen molar-refractivity contribution in [3.8, 4) is 11.8 Å². The molecule has 0 aliphatic carbocycles. The molecule has 0 saturated heterocycles. The Morgan fingerprint density at radius 1 is 0.967 bits per heavy atom. The molecule has 3 aromatic rings. The molecule has 0 fully saturated rings. The van der Waals surface area contributed by atoms with Gasteiger partial charge in [0.1, 0.15) is 11.3 Å². The molecule has 2 aromatic carbocycles. The highest BCUT2D eigenvalue weighted by Crippen LogP contribution is 2.27. The highest BCUT2D eigenvalue weighted by molar-refractivity contribution is 5.77. The van der Waals surface area contributed by atoms with Crippen LogP contribution in [0, 0.1) is 11.8 Å². The summed E-state index contributed by atoms with van der Waals surface area (Å²) >= 11 is 0. The van der Waals surface area contributed by atoms with Gasteiger partial charge in [-0.1, -0.05) is 48.2 Å². The Hall–Kier alpha value is -3.00. The van der Waals surface area contributed by atoms with Crippen LogP contribution >= 0.6 is 0 Å². The fourth-order valence-electron chi connectivity index (χ4n) is 4.54. The maximum absolute atomic E-state index is 6.05. The highest BCUT2D eigenvalue weighted by atomic mass is 16.3. The van der Waals surface area contributed by atoms with Gasteiger partial charge in [-0.05, 0) is 29.8 Å². The second-order valence-electron chi connectivity index (χ2n) is 8.26. The van der Waals surface area contributed by atoms with Crippen molar-refractivity contribution in [3.05, 3.63) is 83.3 Å². The molecule has 0 N–H and O–H groups in total. The first-order valence-electron chi connectivity index (χ1n) is 10.6. The third kappa shape index (κ3) is 4.14. The van der Waals surface area contributed by atoms with E-state index in [0.717, 1.165) is 62.7 Å². The fraction of sp³-hybridized carbons (Fsp3) is 0.308. The van der Waals surface area contributed by atoms with Gasteiger partial charge in [0.2, 0.25) is 0 Å². The zero-order valence-electron chi connectivity index (χ0n) is 17.5. The Kier molecular flexibility index (Phi) is 5.31. The molecule has 5 rings (SSSR count). The number of furan rings is 1. The zero-order chi connectivity index (χ0) is 20.3. The standard InChI is InChI=1S/C26H27N3O/c1-27-20-29(19-24-16-22-11-5-6-12-26(22)30-24)18-23-17-28(15-13-25(23)27)14-7-10-21-8-3-2-4-9-21/h2-6,8-9,11-12,16H,13-15,17-20H2,1H3. The quantitative estimate of drug-likeness (QED) is 0.620. The Morgan fingerprint density at radius 3 is 2.63 bits per heavy atom. The smallest absolute Gasteiger partial charge is 0.134 e. The Balaban J connectivity index is 1.24. The lowest BCUT2D eigenvalue weighted by atomic mass is 10.0. The summed E-state index contributed by atoms with van der Waals surface area (Å²) in [5.41, 5.74) is 5.10. The summed E-state index contributed by atoms with van der Waals surface area (Å²) in [5.74, 6) is 7.68. The van der Waals surface area contributed by atoms with E-state index in [9.17, 15) is 0 Å². The van der Waals surface area contributed by atoms with Gasteiger partial charge in [0.15, 0.2) is 0 Å². The number of rotatable bonds is 3. The third-order valence-electron chi connectivity index (χ3n) is 5.94. The van der Waals surface area contributed by atoms with Crippen LogP contribution in [0.15, 0.2) is 76.4 Å². The van der Waals surface area contributed by atoms with Crippen LogP contribution in [0.4, 0.5) is 0 Å². The maximum Gasteiger partial charge on any atom is 0.134 e. The molecule has 3 heterocycles. The molecule has 152 valence electrons. The van der Waals surface area contributed by atoms with Crippen LogP contribution in [0.3, 0.4) is 0 Å². The van der Waals surface area contributed by atoms with Gasteiger partial charge in [-0.3, -0.25) is 9.80 Å². The maximum atomic E-state index is 6.05. The Bertz CT molecular complexity index is 1090. The van der Waals surface area contributed by atoms with Crippen LogP contribution in [0.2, 0.25) is 0 Å². The van der Waals surface area contributed by atoms with Crippen molar-refractivity contribution in [1.29, 1.82) is 0 Å². The number of para-hydroxylation sites is 1.